The smallest absolute Gasteiger partial charge is 0.236 e. The van der Waals surface area contributed by atoms with Gasteiger partial charge in [-0.1, -0.05) is 30.3 Å². The van der Waals surface area contributed by atoms with Gasteiger partial charge < -0.3 is 9.64 Å². The van der Waals surface area contributed by atoms with Gasteiger partial charge in [-0.15, -0.1) is 22.7 Å². The van der Waals surface area contributed by atoms with Crippen LogP contribution in [0.5, 0.6) is 5.75 Å². The minimum atomic E-state index is 0.210. The van der Waals surface area contributed by atoms with E-state index in [1.165, 1.54) is 9.75 Å². The summed E-state index contributed by atoms with van der Waals surface area (Å²) in [7, 11) is 1.70. The maximum Gasteiger partial charge on any atom is 0.236 e. The Morgan fingerprint density at radius 3 is 2.32 bits per heavy atom. The van der Waals surface area contributed by atoms with Gasteiger partial charge in [0.15, 0.2) is 0 Å². The second-order valence-electron chi connectivity index (χ2n) is 7.77. The first-order valence-corrected chi connectivity index (χ1v) is 12.4. The van der Waals surface area contributed by atoms with Crippen LogP contribution in [0.1, 0.15) is 15.3 Å². The maximum atomic E-state index is 13.1. The number of hydrogen-bond acceptors (Lipinski definition) is 6. The monoisotopic (exact) mass is 455 g/mol. The molecule has 4 rings (SSSR count). The minimum absolute atomic E-state index is 0.210. The van der Waals surface area contributed by atoms with E-state index in [0.29, 0.717) is 13.1 Å². The van der Waals surface area contributed by atoms with Crippen LogP contribution >= 0.6 is 22.7 Å². The summed E-state index contributed by atoms with van der Waals surface area (Å²) in [5.41, 5.74) is 1.11. The van der Waals surface area contributed by atoms with Gasteiger partial charge in [0, 0.05) is 61.1 Å². The fourth-order valence-electron chi connectivity index (χ4n) is 3.93. The molecule has 5 nitrogen and oxygen atoms in total. The van der Waals surface area contributed by atoms with Crippen LogP contribution in [-0.2, 0) is 24.4 Å². The number of nitrogens with zero attached hydrogens (tertiary/aromatic N) is 3. The number of ether oxygens (including phenoxy) is 1. The quantitative estimate of drug-likeness (QED) is 0.485. The van der Waals surface area contributed by atoms with Crippen molar-refractivity contribution in [2.24, 2.45) is 0 Å². The Hall–Kier alpha value is -2.19. The number of hydrogen-bond donors (Lipinski definition) is 0. The molecule has 164 valence electrons. The highest BCUT2D eigenvalue weighted by molar-refractivity contribution is 7.10. The Balaban J connectivity index is 1.36. The average molecular weight is 456 g/mol. The van der Waals surface area contributed by atoms with Crippen molar-refractivity contribution in [2.75, 3.05) is 39.8 Å². The zero-order valence-corrected chi connectivity index (χ0v) is 19.5. The molecule has 3 heterocycles. The summed E-state index contributed by atoms with van der Waals surface area (Å²) in [6.07, 6.45) is 0. The number of carbonyl (C=O) groups is 1. The molecule has 1 saturated heterocycles. The van der Waals surface area contributed by atoms with Gasteiger partial charge in [-0.2, -0.15) is 0 Å². The third-order valence-corrected chi connectivity index (χ3v) is 7.31. The molecule has 0 N–H and O–H groups in total. The molecule has 0 unspecified atom stereocenters. The molecule has 3 aromatic rings. The largest absolute Gasteiger partial charge is 0.496 e. The van der Waals surface area contributed by atoms with Crippen molar-refractivity contribution in [3.8, 4) is 5.75 Å². The van der Waals surface area contributed by atoms with E-state index in [0.717, 1.165) is 50.6 Å². The fraction of sp³-hybridized carbons (Fsp3) is 0.375. The third-order valence-electron chi connectivity index (χ3n) is 5.59. The van der Waals surface area contributed by atoms with Crippen molar-refractivity contribution in [3.05, 3.63) is 74.6 Å². The Labute approximate surface area is 192 Å². The van der Waals surface area contributed by atoms with Crippen molar-refractivity contribution < 1.29 is 9.53 Å². The Morgan fingerprint density at radius 2 is 1.65 bits per heavy atom. The average Bonchev–Trinajstić information content (AvgIpc) is 3.49. The molecular formula is C24H29N3O2S2. The molecule has 1 amide bonds. The second-order valence-corrected chi connectivity index (χ2v) is 9.84. The van der Waals surface area contributed by atoms with Crippen LogP contribution in [0.4, 0.5) is 0 Å². The molecule has 31 heavy (non-hydrogen) atoms. The maximum absolute atomic E-state index is 13.1. The van der Waals surface area contributed by atoms with Crippen LogP contribution < -0.4 is 4.74 Å². The number of thiophene rings is 2. The molecule has 0 bridgehead atoms. The van der Waals surface area contributed by atoms with Crippen LogP contribution in [0.2, 0.25) is 0 Å². The van der Waals surface area contributed by atoms with Gasteiger partial charge in [-0.25, -0.2) is 0 Å². The standard InChI is InChI=1S/C24H29N3O2S2/c1-29-23-9-3-2-6-20(23)16-26(18-22-8-5-15-31-22)19-24(28)27-12-10-25(11-13-27)17-21-7-4-14-30-21/h2-9,14-15H,10-13,16-19H2,1H3. The molecule has 2 aromatic heterocycles. The number of rotatable bonds is 9. The predicted octanol–water partition coefficient (Wildman–Crippen LogP) is 4.16. The van der Waals surface area contributed by atoms with E-state index in [4.69, 9.17) is 4.74 Å². The molecule has 7 heteroatoms. The summed E-state index contributed by atoms with van der Waals surface area (Å²) in [6, 6.07) is 16.5. The first kappa shape index (κ1) is 22.0. The van der Waals surface area contributed by atoms with Gasteiger partial charge in [-0.05, 0) is 29.0 Å². The fourth-order valence-corrected chi connectivity index (χ4v) is 5.43. The second kappa shape index (κ2) is 10.9. The summed E-state index contributed by atoms with van der Waals surface area (Å²) in [4.78, 5) is 22.5. The van der Waals surface area contributed by atoms with Gasteiger partial charge >= 0.3 is 0 Å². The Bertz CT molecular complexity index is 936. The summed E-state index contributed by atoms with van der Waals surface area (Å²) in [5.74, 6) is 1.08. The summed E-state index contributed by atoms with van der Waals surface area (Å²) in [6.45, 7) is 6.31. The highest BCUT2D eigenvalue weighted by Crippen LogP contribution is 2.22. The molecule has 1 fully saturated rings. The van der Waals surface area contributed by atoms with E-state index in [9.17, 15) is 4.79 Å². The van der Waals surface area contributed by atoms with E-state index in [1.807, 2.05) is 23.1 Å². The minimum Gasteiger partial charge on any atom is -0.496 e. The molecule has 1 aliphatic heterocycles. The van der Waals surface area contributed by atoms with Crippen molar-refractivity contribution >= 4 is 28.6 Å². The number of methoxy groups -OCH3 is 1. The SMILES string of the molecule is COc1ccccc1CN(CC(=O)N1CCN(Cc2cccs2)CC1)Cc1cccs1. The highest BCUT2D eigenvalue weighted by atomic mass is 32.1. The number of piperazine rings is 1. The lowest BCUT2D eigenvalue weighted by molar-refractivity contribution is -0.134. The van der Waals surface area contributed by atoms with Gasteiger partial charge in [0.25, 0.3) is 0 Å². The van der Waals surface area contributed by atoms with Crippen LogP contribution in [-0.4, -0.2) is 60.4 Å². The van der Waals surface area contributed by atoms with E-state index in [-0.39, 0.29) is 5.91 Å². The van der Waals surface area contributed by atoms with Crippen molar-refractivity contribution in [1.82, 2.24) is 14.7 Å². The molecule has 0 spiro atoms. The van der Waals surface area contributed by atoms with Gasteiger partial charge in [0.2, 0.25) is 5.91 Å². The zero-order chi connectivity index (χ0) is 21.5. The molecule has 0 saturated carbocycles. The third kappa shape index (κ3) is 6.17. The molecule has 1 aromatic carbocycles. The summed E-state index contributed by atoms with van der Waals surface area (Å²) >= 11 is 3.53. The lowest BCUT2D eigenvalue weighted by Gasteiger charge is -2.35. The van der Waals surface area contributed by atoms with E-state index in [2.05, 4.69) is 50.9 Å². The highest BCUT2D eigenvalue weighted by Gasteiger charge is 2.23. The topological polar surface area (TPSA) is 36.0 Å². The van der Waals surface area contributed by atoms with E-state index in [1.54, 1.807) is 29.8 Å². The first-order valence-electron chi connectivity index (χ1n) is 10.6. The molecule has 0 radical (unpaired) electrons. The number of carbonyl (C=O) groups excluding carboxylic acids is 1. The van der Waals surface area contributed by atoms with Crippen LogP contribution in [0.3, 0.4) is 0 Å². The van der Waals surface area contributed by atoms with E-state index >= 15 is 0 Å². The molecular weight excluding hydrogens is 426 g/mol. The first-order chi connectivity index (χ1) is 15.2. The molecule has 1 aliphatic rings. The van der Waals surface area contributed by atoms with Crippen LogP contribution in [0, 0.1) is 0 Å². The normalized spacial score (nSPS) is 14.8. The Kier molecular flexibility index (Phi) is 7.75. The molecule has 0 atom stereocenters. The van der Waals surface area contributed by atoms with Gasteiger partial charge in [-0.3, -0.25) is 14.6 Å². The van der Waals surface area contributed by atoms with Crippen molar-refractivity contribution in [2.45, 2.75) is 19.6 Å². The Morgan fingerprint density at radius 1 is 0.935 bits per heavy atom. The van der Waals surface area contributed by atoms with Crippen LogP contribution in [0.25, 0.3) is 0 Å². The summed E-state index contributed by atoms with van der Waals surface area (Å²) < 4.78 is 5.53. The van der Waals surface area contributed by atoms with Crippen molar-refractivity contribution in [1.29, 1.82) is 0 Å². The van der Waals surface area contributed by atoms with Gasteiger partial charge in [0.1, 0.15) is 5.75 Å². The summed E-state index contributed by atoms with van der Waals surface area (Å²) in [5, 5.41) is 4.21. The zero-order valence-electron chi connectivity index (χ0n) is 17.9. The number of para-hydroxylation sites is 1. The van der Waals surface area contributed by atoms with Gasteiger partial charge in [0.05, 0.1) is 13.7 Å². The van der Waals surface area contributed by atoms with E-state index < -0.39 is 0 Å². The number of amides is 1. The predicted molar refractivity (Wildman–Crippen MR) is 128 cm³/mol. The van der Waals surface area contributed by atoms with Crippen molar-refractivity contribution in [3.63, 3.8) is 0 Å². The number of benzene rings is 1. The molecule has 0 aliphatic carbocycles. The van der Waals surface area contributed by atoms with Crippen LogP contribution in [0.15, 0.2) is 59.3 Å². The lowest BCUT2D eigenvalue weighted by Crippen LogP contribution is -2.50. The lowest BCUT2D eigenvalue weighted by atomic mass is 10.2.